The molecule has 2 aromatic rings. The van der Waals surface area contributed by atoms with Gasteiger partial charge in [-0.2, -0.15) is 4.98 Å². The van der Waals surface area contributed by atoms with Crippen molar-refractivity contribution in [1.82, 2.24) is 15.2 Å². The van der Waals surface area contributed by atoms with E-state index >= 15 is 0 Å². The number of hydrogen-bond donors (Lipinski definition) is 3. The van der Waals surface area contributed by atoms with E-state index < -0.39 is 0 Å². The molecule has 1 saturated heterocycles. The quantitative estimate of drug-likeness (QED) is 0.785. The number of nitrogens with zero attached hydrogens (tertiary/aromatic N) is 3. The number of piperidine rings is 1. The van der Waals surface area contributed by atoms with Crippen LogP contribution in [-0.4, -0.2) is 39.9 Å². The van der Waals surface area contributed by atoms with E-state index in [2.05, 4.69) is 20.1 Å². The highest BCUT2D eigenvalue weighted by Gasteiger charge is 2.21. The molecule has 1 atom stereocenters. The predicted octanol–water partition coefficient (Wildman–Crippen LogP) is 1.35. The molecule has 6 heteroatoms. The third kappa shape index (κ3) is 2.60. The van der Waals surface area contributed by atoms with Crippen molar-refractivity contribution in [3.8, 4) is 17.1 Å². The van der Waals surface area contributed by atoms with Crippen molar-refractivity contribution in [2.45, 2.75) is 12.8 Å². The number of phenolic OH excluding ortho intramolecular Hbond substituents is 1. The van der Waals surface area contributed by atoms with Crippen molar-refractivity contribution >= 4 is 5.95 Å². The second-order valence-electron chi connectivity index (χ2n) is 5.22. The van der Waals surface area contributed by atoms with Crippen molar-refractivity contribution in [3.63, 3.8) is 0 Å². The van der Waals surface area contributed by atoms with E-state index in [1.807, 2.05) is 12.1 Å². The average molecular weight is 273 g/mol. The van der Waals surface area contributed by atoms with E-state index in [1.165, 1.54) is 6.42 Å². The number of aromatic nitrogens is 3. The number of anilines is 1. The van der Waals surface area contributed by atoms with Crippen LogP contribution in [0, 0.1) is 5.92 Å². The zero-order valence-corrected chi connectivity index (χ0v) is 11.3. The molecule has 3 rings (SSSR count). The molecular formula is C14H19N5O. The van der Waals surface area contributed by atoms with Gasteiger partial charge < -0.3 is 15.7 Å². The standard InChI is InChI=1S/C14H19N5O/c15-8-10-2-1-7-19(9-10)14-16-13(17-18-14)11-3-5-12(20)6-4-11/h3-6,10,20H,1-2,7-9,15H2,(H,16,17,18). The summed E-state index contributed by atoms with van der Waals surface area (Å²) in [5.74, 6) is 2.22. The highest BCUT2D eigenvalue weighted by atomic mass is 16.3. The lowest BCUT2D eigenvalue weighted by Crippen LogP contribution is -2.38. The van der Waals surface area contributed by atoms with Gasteiger partial charge in [-0.1, -0.05) is 0 Å². The Kier molecular flexibility index (Phi) is 3.56. The lowest BCUT2D eigenvalue weighted by atomic mass is 9.99. The fourth-order valence-corrected chi connectivity index (χ4v) is 2.58. The Bertz CT molecular complexity index is 565. The van der Waals surface area contributed by atoms with Crippen LogP contribution < -0.4 is 10.6 Å². The van der Waals surface area contributed by atoms with E-state index in [1.54, 1.807) is 12.1 Å². The summed E-state index contributed by atoms with van der Waals surface area (Å²) in [6.07, 6.45) is 2.31. The van der Waals surface area contributed by atoms with Gasteiger partial charge in [0.15, 0.2) is 5.82 Å². The maximum atomic E-state index is 9.30. The Balaban J connectivity index is 1.78. The largest absolute Gasteiger partial charge is 0.508 e. The molecule has 0 saturated carbocycles. The molecule has 0 radical (unpaired) electrons. The highest BCUT2D eigenvalue weighted by molar-refractivity contribution is 5.57. The number of rotatable bonds is 3. The number of H-pyrrole nitrogens is 1. The van der Waals surface area contributed by atoms with Crippen LogP contribution >= 0.6 is 0 Å². The molecule has 20 heavy (non-hydrogen) atoms. The molecule has 4 N–H and O–H groups in total. The van der Waals surface area contributed by atoms with Crippen molar-refractivity contribution in [2.24, 2.45) is 11.7 Å². The molecule has 1 fully saturated rings. The van der Waals surface area contributed by atoms with Crippen LogP contribution in [0.25, 0.3) is 11.4 Å². The Morgan fingerprint density at radius 3 is 2.90 bits per heavy atom. The van der Waals surface area contributed by atoms with Crippen LogP contribution in [0.4, 0.5) is 5.95 Å². The van der Waals surface area contributed by atoms with Gasteiger partial charge in [0, 0.05) is 18.7 Å². The third-order valence-corrected chi connectivity index (χ3v) is 3.75. The summed E-state index contributed by atoms with van der Waals surface area (Å²) in [7, 11) is 0. The van der Waals surface area contributed by atoms with E-state index in [0.717, 1.165) is 36.8 Å². The van der Waals surface area contributed by atoms with Crippen molar-refractivity contribution < 1.29 is 5.11 Å². The van der Waals surface area contributed by atoms with Crippen LogP contribution in [0.15, 0.2) is 24.3 Å². The molecule has 0 amide bonds. The van der Waals surface area contributed by atoms with E-state index in [4.69, 9.17) is 5.73 Å². The van der Waals surface area contributed by atoms with Crippen molar-refractivity contribution in [2.75, 3.05) is 24.5 Å². The number of nitrogens with two attached hydrogens (primary N) is 1. The second kappa shape index (κ2) is 5.50. The Morgan fingerprint density at radius 1 is 1.35 bits per heavy atom. The van der Waals surface area contributed by atoms with E-state index in [0.29, 0.717) is 12.5 Å². The van der Waals surface area contributed by atoms with E-state index in [-0.39, 0.29) is 5.75 Å². The summed E-state index contributed by atoms with van der Waals surface area (Å²) >= 11 is 0. The van der Waals surface area contributed by atoms with Gasteiger partial charge in [0.1, 0.15) is 5.75 Å². The number of aromatic hydroxyl groups is 1. The number of phenols is 1. The normalized spacial score (nSPS) is 19.2. The summed E-state index contributed by atoms with van der Waals surface area (Å²) in [6.45, 7) is 2.61. The molecule has 1 aliphatic rings. The summed E-state index contributed by atoms with van der Waals surface area (Å²) in [4.78, 5) is 6.72. The van der Waals surface area contributed by atoms with Crippen LogP contribution in [0.5, 0.6) is 5.75 Å². The molecule has 6 nitrogen and oxygen atoms in total. The maximum Gasteiger partial charge on any atom is 0.245 e. The lowest BCUT2D eigenvalue weighted by molar-refractivity contribution is 0.420. The summed E-state index contributed by atoms with van der Waals surface area (Å²) in [5.41, 5.74) is 6.67. The predicted molar refractivity (Wildman–Crippen MR) is 77.5 cm³/mol. The molecule has 1 unspecified atom stereocenters. The molecule has 1 aromatic carbocycles. The molecule has 2 heterocycles. The van der Waals surface area contributed by atoms with Crippen LogP contribution in [0.2, 0.25) is 0 Å². The van der Waals surface area contributed by atoms with Gasteiger partial charge >= 0.3 is 0 Å². The zero-order chi connectivity index (χ0) is 13.9. The molecule has 0 bridgehead atoms. The van der Waals surface area contributed by atoms with Crippen LogP contribution in [0.1, 0.15) is 12.8 Å². The molecule has 0 spiro atoms. The molecule has 1 aromatic heterocycles. The van der Waals surface area contributed by atoms with Crippen molar-refractivity contribution in [1.29, 1.82) is 0 Å². The SMILES string of the molecule is NCC1CCCN(c2n[nH]c(-c3ccc(O)cc3)n2)C1. The Labute approximate surface area is 117 Å². The minimum Gasteiger partial charge on any atom is -0.508 e. The average Bonchev–Trinajstić information content (AvgIpc) is 2.98. The third-order valence-electron chi connectivity index (χ3n) is 3.75. The van der Waals surface area contributed by atoms with Crippen LogP contribution in [0.3, 0.4) is 0 Å². The fraction of sp³-hybridized carbons (Fsp3) is 0.429. The minimum absolute atomic E-state index is 0.246. The van der Waals surface area contributed by atoms with E-state index in [9.17, 15) is 5.11 Å². The number of benzene rings is 1. The smallest absolute Gasteiger partial charge is 0.245 e. The molecular weight excluding hydrogens is 254 g/mol. The van der Waals surface area contributed by atoms with Gasteiger partial charge in [0.05, 0.1) is 0 Å². The van der Waals surface area contributed by atoms with Gasteiger partial charge in [-0.05, 0) is 49.6 Å². The van der Waals surface area contributed by atoms with Gasteiger partial charge in [0.25, 0.3) is 0 Å². The first-order valence-electron chi connectivity index (χ1n) is 6.93. The summed E-state index contributed by atoms with van der Waals surface area (Å²) in [5, 5.41) is 16.6. The first-order valence-corrected chi connectivity index (χ1v) is 6.93. The van der Waals surface area contributed by atoms with Crippen molar-refractivity contribution in [3.05, 3.63) is 24.3 Å². The molecule has 106 valence electrons. The second-order valence-corrected chi connectivity index (χ2v) is 5.22. The number of aromatic amines is 1. The maximum absolute atomic E-state index is 9.30. The Morgan fingerprint density at radius 2 is 2.15 bits per heavy atom. The zero-order valence-electron chi connectivity index (χ0n) is 11.3. The highest BCUT2D eigenvalue weighted by Crippen LogP contribution is 2.23. The van der Waals surface area contributed by atoms with Gasteiger partial charge in [0.2, 0.25) is 5.95 Å². The van der Waals surface area contributed by atoms with Crippen LogP contribution in [-0.2, 0) is 0 Å². The first-order chi connectivity index (χ1) is 9.76. The summed E-state index contributed by atoms with van der Waals surface area (Å²) in [6, 6.07) is 6.92. The molecule has 1 aliphatic heterocycles. The van der Waals surface area contributed by atoms with Gasteiger partial charge in [-0.3, -0.25) is 5.10 Å². The first kappa shape index (κ1) is 12.9. The fourth-order valence-electron chi connectivity index (χ4n) is 2.58. The topological polar surface area (TPSA) is 91.1 Å². The van der Waals surface area contributed by atoms with Gasteiger partial charge in [-0.25, -0.2) is 0 Å². The minimum atomic E-state index is 0.246. The lowest BCUT2D eigenvalue weighted by Gasteiger charge is -2.31. The number of hydrogen-bond acceptors (Lipinski definition) is 5. The Hall–Kier alpha value is -2.08. The van der Waals surface area contributed by atoms with Gasteiger partial charge in [-0.15, -0.1) is 5.10 Å². The monoisotopic (exact) mass is 273 g/mol. The molecule has 0 aliphatic carbocycles. The number of nitrogens with one attached hydrogen (secondary N) is 1. The summed E-state index contributed by atoms with van der Waals surface area (Å²) < 4.78 is 0.